The number of amides is 1. The van der Waals surface area contributed by atoms with Crippen molar-refractivity contribution in [1.29, 1.82) is 0 Å². The monoisotopic (exact) mass is 642 g/mol. The summed E-state index contributed by atoms with van der Waals surface area (Å²) in [5.41, 5.74) is 3.15. The van der Waals surface area contributed by atoms with Crippen molar-refractivity contribution in [2.24, 2.45) is 5.10 Å². The first-order valence-electron chi connectivity index (χ1n) is 13.7. The van der Waals surface area contributed by atoms with Gasteiger partial charge in [0.15, 0.2) is 0 Å². The quantitative estimate of drug-likeness (QED) is 0.207. The minimum absolute atomic E-state index is 0.0119. The molecule has 44 heavy (non-hydrogen) atoms. The fraction of sp³-hybridized carbons (Fsp3) is 0.286. The summed E-state index contributed by atoms with van der Waals surface area (Å²) in [6.45, 7) is 1.13. The Balaban J connectivity index is 1.44. The van der Waals surface area contributed by atoms with Crippen LogP contribution < -0.4 is 10.3 Å². The molecule has 3 aromatic carbocycles. The number of carbonyl (C=O) groups excluding carboxylic acids is 1. The number of hydrogen-bond acceptors (Lipinski definition) is 10. The third-order valence-corrected chi connectivity index (χ3v) is 11.1. The molecule has 2 fully saturated rings. The second-order valence-electron chi connectivity index (χ2n) is 9.95. The average Bonchev–Trinajstić information content (AvgIpc) is 3.05. The number of nitrogens with one attached hydrogen (secondary N) is 1. The topological polar surface area (TPSA) is 172 Å². The molecule has 16 heteroatoms. The predicted molar refractivity (Wildman–Crippen MR) is 161 cm³/mol. The lowest BCUT2D eigenvalue weighted by Crippen LogP contribution is -2.60. The number of piperazine rings is 1. The minimum Gasteiger partial charge on any atom is -0.378 e. The number of hydrogen-bond donors (Lipinski definition) is 1. The molecule has 2 aliphatic rings. The molecule has 0 bridgehead atoms. The van der Waals surface area contributed by atoms with Gasteiger partial charge in [-0.15, -0.1) is 0 Å². The summed E-state index contributed by atoms with van der Waals surface area (Å²) in [4.78, 5) is 26.4. The highest BCUT2D eigenvalue weighted by molar-refractivity contribution is 7.89. The summed E-state index contributed by atoms with van der Waals surface area (Å²) in [6, 6.07) is 18.0. The number of carbonyl (C=O) groups is 1. The van der Waals surface area contributed by atoms with Crippen LogP contribution in [0.5, 0.6) is 0 Å². The van der Waals surface area contributed by atoms with Crippen molar-refractivity contribution in [1.82, 2.24) is 14.0 Å². The van der Waals surface area contributed by atoms with Gasteiger partial charge in [-0.2, -0.15) is 13.7 Å². The van der Waals surface area contributed by atoms with Crippen LogP contribution in [-0.4, -0.2) is 94.5 Å². The number of ether oxygens (including phenoxy) is 1. The molecule has 5 rings (SSSR count). The zero-order chi connectivity index (χ0) is 31.3. The summed E-state index contributed by atoms with van der Waals surface area (Å²) in [5, 5.41) is 15.4. The van der Waals surface area contributed by atoms with Gasteiger partial charge in [-0.25, -0.2) is 22.3 Å². The van der Waals surface area contributed by atoms with Crippen molar-refractivity contribution >= 4 is 43.5 Å². The molecular weight excluding hydrogens is 612 g/mol. The molecule has 232 valence electrons. The van der Waals surface area contributed by atoms with Gasteiger partial charge in [-0.1, -0.05) is 36.4 Å². The number of rotatable bonds is 9. The van der Waals surface area contributed by atoms with Gasteiger partial charge in [0.05, 0.1) is 34.1 Å². The second-order valence-corrected chi connectivity index (χ2v) is 13.8. The fourth-order valence-corrected chi connectivity index (χ4v) is 8.07. The molecule has 0 saturated carbocycles. The molecule has 14 nitrogen and oxygen atoms in total. The van der Waals surface area contributed by atoms with Gasteiger partial charge < -0.3 is 9.64 Å². The van der Waals surface area contributed by atoms with Gasteiger partial charge in [0.1, 0.15) is 6.04 Å². The molecular formula is C28H30N6O8S2. The van der Waals surface area contributed by atoms with Crippen molar-refractivity contribution in [3.05, 3.63) is 94.5 Å². The first-order chi connectivity index (χ1) is 21.1. The Bertz CT molecular complexity index is 1750. The summed E-state index contributed by atoms with van der Waals surface area (Å²) >= 11 is 0. The number of sulfonamides is 2. The SMILES string of the molecule is O=C(N/N=C\c1cc([N+](=O)[O-])ccc1N1CCOCC1)[C@H]1CN(S(=O)(=O)c2ccccc2)CCN1S(=O)(=O)c1ccccc1. The zero-order valence-electron chi connectivity index (χ0n) is 23.4. The molecule has 1 amide bonds. The van der Waals surface area contributed by atoms with Crippen molar-refractivity contribution in [2.45, 2.75) is 15.8 Å². The average molecular weight is 643 g/mol. The van der Waals surface area contributed by atoms with Crippen LogP contribution in [0.25, 0.3) is 0 Å². The number of anilines is 1. The summed E-state index contributed by atoms with van der Waals surface area (Å²) in [6.07, 6.45) is 1.24. The third-order valence-electron chi connectivity index (χ3n) is 7.28. The first-order valence-corrected chi connectivity index (χ1v) is 16.5. The van der Waals surface area contributed by atoms with Crippen LogP contribution in [0.2, 0.25) is 0 Å². The minimum atomic E-state index is -4.20. The Labute approximate surface area is 254 Å². The third kappa shape index (κ3) is 6.63. The summed E-state index contributed by atoms with van der Waals surface area (Å²) in [5.74, 6) is -0.868. The van der Waals surface area contributed by atoms with Gasteiger partial charge in [0.25, 0.3) is 11.6 Å². The fourth-order valence-electron chi connectivity index (χ4n) is 5.02. The van der Waals surface area contributed by atoms with Crippen LogP contribution in [0.15, 0.2) is 93.8 Å². The van der Waals surface area contributed by atoms with Crippen LogP contribution >= 0.6 is 0 Å². The van der Waals surface area contributed by atoms with E-state index < -0.39 is 43.5 Å². The number of benzene rings is 3. The first kappa shape index (κ1) is 31.2. The van der Waals surface area contributed by atoms with Crippen molar-refractivity contribution in [2.75, 3.05) is 50.8 Å². The number of morpholine rings is 1. The Kier molecular flexibility index (Phi) is 9.36. The molecule has 0 unspecified atom stereocenters. The molecule has 0 aliphatic carbocycles. The second kappa shape index (κ2) is 13.2. The standard InChI is InChI=1S/C28H30N6O8S2/c35-28(30-29-20-22-19-23(34(36)37)11-12-26(22)31-15-17-42-18-16-31)27-21-32(43(38,39)24-7-3-1-4-8-24)13-14-33(27)44(40,41)25-9-5-2-6-10-25/h1-12,19-20,27H,13-18,21H2,(H,30,35)/b29-20-/t27-/m1/s1. The maximum atomic E-state index is 13.6. The van der Waals surface area contributed by atoms with Crippen molar-refractivity contribution < 1.29 is 31.3 Å². The van der Waals surface area contributed by atoms with Crippen LogP contribution in [0.1, 0.15) is 5.56 Å². The molecule has 1 N–H and O–H groups in total. The van der Waals surface area contributed by atoms with Gasteiger partial charge >= 0.3 is 0 Å². The lowest BCUT2D eigenvalue weighted by atomic mass is 10.1. The van der Waals surface area contributed by atoms with Crippen LogP contribution in [0.4, 0.5) is 11.4 Å². The van der Waals surface area contributed by atoms with Crippen molar-refractivity contribution in [3.63, 3.8) is 0 Å². The van der Waals surface area contributed by atoms with Crippen molar-refractivity contribution in [3.8, 4) is 0 Å². The Morgan fingerprint density at radius 1 is 0.886 bits per heavy atom. The Hall–Kier alpha value is -4.22. The highest BCUT2D eigenvalue weighted by atomic mass is 32.2. The van der Waals surface area contributed by atoms with E-state index in [1.165, 1.54) is 42.6 Å². The number of non-ortho nitro benzene ring substituents is 1. The molecule has 2 saturated heterocycles. The number of nitro groups is 1. The van der Waals surface area contributed by atoms with Crippen LogP contribution in [-0.2, 0) is 29.6 Å². The molecule has 0 aromatic heterocycles. The van der Waals surface area contributed by atoms with Gasteiger partial charge in [0.2, 0.25) is 20.0 Å². The molecule has 0 radical (unpaired) electrons. The maximum Gasteiger partial charge on any atom is 0.270 e. The largest absolute Gasteiger partial charge is 0.378 e. The Morgan fingerprint density at radius 2 is 1.50 bits per heavy atom. The highest BCUT2D eigenvalue weighted by Crippen LogP contribution is 2.27. The lowest BCUT2D eigenvalue weighted by Gasteiger charge is -2.38. The predicted octanol–water partition coefficient (Wildman–Crippen LogP) is 1.65. The van der Waals surface area contributed by atoms with E-state index in [2.05, 4.69) is 10.5 Å². The van der Waals surface area contributed by atoms with E-state index in [4.69, 9.17) is 4.74 Å². The van der Waals surface area contributed by atoms with E-state index in [9.17, 15) is 31.7 Å². The van der Waals surface area contributed by atoms with E-state index in [-0.39, 0.29) is 28.6 Å². The maximum absolute atomic E-state index is 13.6. The number of nitrogens with zero attached hydrogens (tertiary/aromatic N) is 5. The molecule has 0 spiro atoms. The van der Waals surface area contributed by atoms with Gasteiger partial charge in [-0.3, -0.25) is 14.9 Å². The van der Waals surface area contributed by atoms with E-state index >= 15 is 0 Å². The molecule has 2 aliphatic heterocycles. The van der Waals surface area contributed by atoms with E-state index in [0.717, 1.165) is 8.61 Å². The van der Waals surface area contributed by atoms with Crippen LogP contribution in [0.3, 0.4) is 0 Å². The van der Waals surface area contributed by atoms with E-state index in [0.29, 0.717) is 37.6 Å². The summed E-state index contributed by atoms with van der Waals surface area (Å²) < 4.78 is 61.4. The van der Waals surface area contributed by atoms with Crippen LogP contribution in [0, 0.1) is 10.1 Å². The summed E-state index contributed by atoms with van der Waals surface area (Å²) in [7, 11) is -8.24. The Morgan fingerprint density at radius 3 is 2.11 bits per heavy atom. The molecule has 3 aromatic rings. The zero-order valence-corrected chi connectivity index (χ0v) is 25.1. The van der Waals surface area contributed by atoms with E-state index in [1.807, 2.05) is 4.90 Å². The number of nitro benzene ring substituents is 1. The molecule has 2 heterocycles. The highest BCUT2D eigenvalue weighted by Gasteiger charge is 2.43. The molecule has 1 atom stereocenters. The smallest absolute Gasteiger partial charge is 0.270 e. The van der Waals surface area contributed by atoms with Gasteiger partial charge in [-0.05, 0) is 30.3 Å². The number of hydrazone groups is 1. The van der Waals surface area contributed by atoms with Gasteiger partial charge in [0, 0.05) is 56.1 Å². The normalized spacial score (nSPS) is 18.7. The van der Waals surface area contributed by atoms with E-state index in [1.54, 1.807) is 42.5 Å². The lowest BCUT2D eigenvalue weighted by molar-refractivity contribution is -0.384.